The monoisotopic (exact) mass is 327 g/mol. The van der Waals surface area contributed by atoms with Crippen molar-refractivity contribution in [2.45, 2.75) is 52.5 Å². The summed E-state index contributed by atoms with van der Waals surface area (Å²) in [6.45, 7) is 6.55. The summed E-state index contributed by atoms with van der Waals surface area (Å²) in [4.78, 5) is 18.8. The highest BCUT2D eigenvalue weighted by atomic mass is 16.5. The Balaban J connectivity index is 1.70. The standard InChI is InChI=1S/C19H25N3O2/c1-3-6-19(23)22-11-17-9-5-10-21(17)12-18(13-22)24-14-16-8-4-7-15(2)20-16/h4-5,7-10,18H,3,6,11-14H2,1-2H3/t18-/m1/s1. The average Bonchev–Trinajstić information content (AvgIpc) is 2.91. The number of fused-ring (bicyclic) bond motifs is 1. The maximum absolute atomic E-state index is 12.4. The number of pyridine rings is 1. The molecule has 0 N–H and O–H groups in total. The number of hydrogen-bond donors (Lipinski definition) is 0. The summed E-state index contributed by atoms with van der Waals surface area (Å²) in [6, 6.07) is 10.1. The Morgan fingerprint density at radius 1 is 1.29 bits per heavy atom. The van der Waals surface area contributed by atoms with E-state index in [2.05, 4.69) is 21.8 Å². The van der Waals surface area contributed by atoms with Crippen molar-refractivity contribution in [3.05, 3.63) is 53.6 Å². The Bertz CT molecular complexity index is 695. The molecule has 0 saturated carbocycles. The van der Waals surface area contributed by atoms with Crippen LogP contribution in [0.5, 0.6) is 0 Å². The number of aryl methyl sites for hydroxylation is 1. The fourth-order valence-corrected chi connectivity index (χ4v) is 3.10. The molecule has 1 aliphatic rings. The van der Waals surface area contributed by atoms with Gasteiger partial charge in [-0.05, 0) is 37.6 Å². The van der Waals surface area contributed by atoms with E-state index in [0.717, 1.165) is 24.4 Å². The second-order valence-corrected chi connectivity index (χ2v) is 6.38. The van der Waals surface area contributed by atoms with Crippen molar-refractivity contribution in [3.8, 4) is 0 Å². The van der Waals surface area contributed by atoms with Crippen LogP contribution in [-0.4, -0.2) is 33.0 Å². The van der Waals surface area contributed by atoms with Gasteiger partial charge in [0.15, 0.2) is 0 Å². The Kier molecular flexibility index (Phi) is 5.30. The first-order valence-electron chi connectivity index (χ1n) is 8.61. The van der Waals surface area contributed by atoms with E-state index < -0.39 is 0 Å². The van der Waals surface area contributed by atoms with Crippen LogP contribution in [-0.2, 0) is 29.2 Å². The fourth-order valence-electron chi connectivity index (χ4n) is 3.10. The Morgan fingerprint density at radius 2 is 2.17 bits per heavy atom. The lowest BCUT2D eigenvalue weighted by Crippen LogP contribution is -2.37. The van der Waals surface area contributed by atoms with E-state index in [9.17, 15) is 4.79 Å². The Labute approximate surface area is 143 Å². The number of carbonyl (C=O) groups is 1. The molecule has 0 aromatic carbocycles. The number of carbonyl (C=O) groups excluding carboxylic acids is 1. The van der Waals surface area contributed by atoms with E-state index in [1.807, 2.05) is 43.0 Å². The van der Waals surface area contributed by atoms with Crippen molar-refractivity contribution < 1.29 is 9.53 Å². The number of amides is 1. The molecule has 0 aliphatic carbocycles. The molecule has 2 aromatic rings. The minimum absolute atomic E-state index is 0.0261. The summed E-state index contributed by atoms with van der Waals surface area (Å²) in [5, 5.41) is 0. The molecule has 0 fully saturated rings. The van der Waals surface area contributed by atoms with Crippen LogP contribution in [0.15, 0.2) is 36.5 Å². The van der Waals surface area contributed by atoms with Gasteiger partial charge >= 0.3 is 0 Å². The Hall–Kier alpha value is -2.14. The Morgan fingerprint density at radius 3 is 2.96 bits per heavy atom. The van der Waals surface area contributed by atoms with Gasteiger partial charge in [0.25, 0.3) is 0 Å². The molecule has 128 valence electrons. The van der Waals surface area contributed by atoms with Gasteiger partial charge in [-0.15, -0.1) is 0 Å². The predicted octanol–water partition coefficient (Wildman–Crippen LogP) is 2.92. The molecule has 1 aliphatic heterocycles. The van der Waals surface area contributed by atoms with Crippen LogP contribution in [0.3, 0.4) is 0 Å². The molecule has 0 radical (unpaired) electrons. The topological polar surface area (TPSA) is 47.4 Å². The zero-order valence-electron chi connectivity index (χ0n) is 14.4. The van der Waals surface area contributed by atoms with Crippen LogP contribution in [0.1, 0.15) is 36.8 Å². The number of ether oxygens (including phenoxy) is 1. The van der Waals surface area contributed by atoms with Crippen LogP contribution in [0, 0.1) is 6.92 Å². The van der Waals surface area contributed by atoms with Crippen LogP contribution in [0.25, 0.3) is 0 Å². The van der Waals surface area contributed by atoms with Crippen LogP contribution < -0.4 is 0 Å². The average molecular weight is 327 g/mol. The van der Waals surface area contributed by atoms with Gasteiger partial charge in [0, 0.05) is 30.6 Å². The van der Waals surface area contributed by atoms with Gasteiger partial charge in [-0.25, -0.2) is 0 Å². The third kappa shape index (κ3) is 4.03. The lowest BCUT2D eigenvalue weighted by atomic mass is 10.2. The van der Waals surface area contributed by atoms with Gasteiger partial charge in [0.05, 0.1) is 31.5 Å². The predicted molar refractivity (Wildman–Crippen MR) is 92.3 cm³/mol. The highest BCUT2D eigenvalue weighted by molar-refractivity contribution is 5.76. The SMILES string of the molecule is CCCC(=O)N1Cc2cccn2C[C@@H](OCc2cccc(C)n2)C1. The molecule has 1 atom stereocenters. The molecule has 0 saturated heterocycles. The normalized spacial score (nSPS) is 17.4. The molecule has 3 heterocycles. The summed E-state index contributed by atoms with van der Waals surface area (Å²) in [5.41, 5.74) is 3.09. The number of aromatic nitrogens is 2. The maximum atomic E-state index is 12.4. The summed E-state index contributed by atoms with van der Waals surface area (Å²) >= 11 is 0. The van der Waals surface area contributed by atoms with Gasteiger partial charge in [-0.3, -0.25) is 9.78 Å². The van der Waals surface area contributed by atoms with Crippen molar-refractivity contribution in [1.82, 2.24) is 14.5 Å². The minimum Gasteiger partial charge on any atom is -0.368 e. The van der Waals surface area contributed by atoms with Crippen molar-refractivity contribution in [3.63, 3.8) is 0 Å². The zero-order valence-corrected chi connectivity index (χ0v) is 14.4. The quantitative estimate of drug-likeness (QED) is 0.848. The van der Waals surface area contributed by atoms with Crippen molar-refractivity contribution in [2.24, 2.45) is 0 Å². The summed E-state index contributed by atoms with van der Waals surface area (Å²) < 4.78 is 8.30. The molecule has 5 heteroatoms. The van der Waals surface area contributed by atoms with E-state index in [-0.39, 0.29) is 12.0 Å². The first kappa shape index (κ1) is 16.7. The highest BCUT2D eigenvalue weighted by Crippen LogP contribution is 2.17. The first-order chi connectivity index (χ1) is 11.7. The van der Waals surface area contributed by atoms with Crippen molar-refractivity contribution >= 4 is 5.91 Å². The van der Waals surface area contributed by atoms with E-state index in [4.69, 9.17) is 4.74 Å². The van der Waals surface area contributed by atoms with Crippen LogP contribution in [0.2, 0.25) is 0 Å². The largest absolute Gasteiger partial charge is 0.368 e. The molecule has 5 nitrogen and oxygen atoms in total. The van der Waals surface area contributed by atoms with Gasteiger partial charge in [0.2, 0.25) is 5.91 Å². The van der Waals surface area contributed by atoms with Gasteiger partial charge in [0.1, 0.15) is 0 Å². The van der Waals surface area contributed by atoms with E-state index in [1.165, 1.54) is 5.69 Å². The molecule has 2 aromatic heterocycles. The first-order valence-corrected chi connectivity index (χ1v) is 8.61. The number of hydrogen-bond acceptors (Lipinski definition) is 3. The van der Waals surface area contributed by atoms with Crippen LogP contribution >= 0.6 is 0 Å². The highest BCUT2D eigenvalue weighted by Gasteiger charge is 2.25. The summed E-state index contributed by atoms with van der Waals surface area (Å²) in [6.07, 6.45) is 3.49. The number of nitrogens with zero attached hydrogens (tertiary/aromatic N) is 3. The van der Waals surface area contributed by atoms with Gasteiger partial charge in [-0.2, -0.15) is 0 Å². The summed E-state index contributed by atoms with van der Waals surface area (Å²) in [7, 11) is 0. The molecule has 0 unspecified atom stereocenters. The van der Waals surface area contributed by atoms with E-state index in [0.29, 0.717) is 26.1 Å². The van der Waals surface area contributed by atoms with E-state index in [1.54, 1.807) is 0 Å². The van der Waals surface area contributed by atoms with Crippen LogP contribution in [0.4, 0.5) is 0 Å². The zero-order chi connectivity index (χ0) is 16.9. The van der Waals surface area contributed by atoms with Crippen molar-refractivity contribution in [2.75, 3.05) is 6.54 Å². The second kappa shape index (κ2) is 7.62. The smallest absolute Gasteiger partial charge is 0.222 e. The van der Waals surface area contributed by atoms with E-state index >= 15 is 0 Å². The third-order valence-corrected chi connectivity index (χ3v) is 4.33. The minimum atomic E-state index is -0.0261. The van der Waals surface area contributed by atoms with Crippen molar-refractivity contribution in [1.29, 1.82) is 0 Å². The molecule has 24 heavy (non-hydrogen) atoms. The molecular weight excluding hydrogens is 302 g/mol. The lowest BCUT2D eigenvalue weighted by molar-refractivity contribution is -0.134. The fraction of sp³-hybridized carbons (Fsp3) is 0.474. The summed E-state index contributed by atoms with van der Waals surface area (Å²) in [5.74, 6) is 0.203. The maximum Gasteiger partial charge on any atom is 0.222 e. The van der Waals surface area contributed by atoms with Gasteiger partial charge in [-0.1, -0.05) is 13.0 Å². The lowest BCUT2D eigenvalue weighted by Gasteiger charge is -2.24. The molecule has 3 rings (SSSR count). The number of rotatable bonds is 5. The molecule has 1 amide bonds. The molecule has 0 spiro atoms. The second-order valence-electron chi connectivity index (χ2n) is 6.38. The molecular formula is C19H25N3O2. The third-order valence-electron chi connectivity index (χ3n) is 4.33. The van der Waals surface area contributed by atoms with Gasteiger partial charge < -0.3 is 14.2 Å². The molecule has 0 bridgehead atoms.